The summed E-state index contributed by atoms with van der Waals surface area (Å²) in [4.78, 5) is 11.2. The molecule has 18 heavy (non-hydrogen) atoms. The summed E-state index contributed by atoms with van der Waals surface area (Å²) in [7, 11) is 0. The fourth-order valence-corrected chi connectivity index (χ4v) is 1.69. The number of benzene rings is 1. The second kappa shape index (κ2) is 5.35. The van der Waals surface area contributed by atoms with Crippen LogP contribution in [0.25, 0.3) is 0 Å². The summed E-state index contributed by atoms with van der Waals surface area (Å²) >= 11 is 0. The Labute approximate surface area is 105 Å². The van der Waals surface area contributed by atoms with E-state index in [0.717, 1.165) is 0 Å². The number of hydrogen-bond acceptors (Lipinski definition) is 3. The molecule has 94 valence electrons. The third-order valence-electron chi connectivity index (χ3n) is 2.55. The summed E-state index contributed by atoms with van der Waals surface area (Å²) in [5.41, 5.74) is 0.765. The van der Waals surface area contributed by atoms with Crippen LogP contribution in [-0.2, 0) is 13.2 Å². The molecule has 5 heteroatoms. The molecule has 1 aromatic carbocycles. The van der Waals surface area contributed by atoms with Gasteiger partial charge >= 0.3 is 5.97 Å². The number of para-hydroxylation sites is 1. The van der Waals surface area contributed by atoms with Gasteiger partial charge in [0.1, 0.15) is 12.4 Å². The van der Waals surface area contributed by atoms with Crippen LogP contribution in [0, 0.1) is 0 Å². The van der Waals surface area contributed by atoms with Crippen molar-refractivity contribution in [2.75, 3.05) is 0 Å². The van der Waals surface area contributed by atoms with E-state index in [1.165, 1.54) is 10.9 Å². The number of aromatic carboxylic acids is 1. The van der Waals surface area contributed by atoms with Gasteiger partial charge in [0, 0.05) is 12.1 Å². The highest BCUT2D eigenvalue weighted by Crippen LogP contribution is 2.14. The quantitative estimate of drug-likeness (QED) is 0.878. The Morgan fingerprint density at radius 3 is 2.72 bits per heavy atom. The average Bonchev–Trinajstić information content (AvgIpc) is 2.80. The summed E-state index contributed by atoms with van der Waals surface area (Å²) in [5.74, 6) is -0.279. The third kappa shape index (κ3) is 2.51. The first-order valence-corrected chi connectivity index (χ1v) is 5.68. The standard InChI is InChI=1S/C13H14N2O3/c1-2-15-12(13(16)17)10(8-14-15)9-18-11-6-4-3-5-7-11/h3-8H,2,9H2,1H3,(H,16,17). The lowest BCUT2D eigenvalue weighted by Crippen LogP contribution is -2.11. The SMILES string of the molecule is CCn1ncc(COc2ccccc2)c1C(=O)O. The molecule has 0 aliphatic carbocycles. The van der Waals surface area contributed by atoms with Crippen LogP contribution < -0.4 is 4.74 Å². The first kappa shape index (κ1) is 12.2. The number of hydrogen-bond donors (Lipinski definition) is 1. The van der Waals surface area contributed by atoms with Crippen LogP contribution in [0.5, 0.6) is 5.75 Å². The zero-order chi connectivity index (χ0) is 13.0. The molecule has 2 rings (SSSR count). The Morgan fingerprint density at radius 1 is 1.39 bits per heavy atom. The van der Waals surface area contributed by atoms with Crippen LogP contribution in [-0.4, -0.2) is 20.9 Å². The van der Waals surface area contributed by atoms with Crippen molar-refractivity contribution in [1.29, 1.82) is 0 Å². The molecule has 1 aromatic heterocycles. The van der Waals surface area contributed by atoms with E-state index >= 15 is 0 Å². The molecule has 0 spiro atoms. The number of aromatic nitrogens is 2. The molecular formula is C13H14N2O3. The van der Waals surface area contributed by atoms with E-state index < -0.39 is 5.97 Å². The Morgan fingerprint density at radius 2 is 2.11 bits per heavy atom. The van der Waals surface area contributed by atoms with Crippen molar-refractivity contribution in [3.63, 3.8) is 0 Å². The fourth-order valence-electron chi connectivity index (χ4n) is 1.69. The van der Waals surface area contributed by atoms with Crippen molar-refractivity contribution in [3.05, 3.63) is 47.8 Å². The Balaban J connectivity index is 2.15. The largest absolute Gasteiger partial charge is 0.489 e. The van der Waals surface area contributed by atoms with E-state index in [9.17, 15) is 4.79 Å². The number of aryl methyl sites for hydroxylation is 1. The fraction of sp³-hybridized carbons (Fsp3) is 0.231. The first-order chi connectivity index (χ1) is 8.72. The smallest absolute Gasteiger partial charge is 0.354 e. The van der Waals surface area contributed by atoms with Gasteiger partial charge in [-0.1, -0.05) is 18.2 Å². The molecule has 0 aliphatic rings. The zero-order valence-corrected chi connectivity index (χ0v) is 10.0. The molecule has 0 fully saturated rings. The average molecular weight is 246 g/mol. The van der Waals surface area contributed by atoms with E-state index in [0.29, 0.717) is 17.9 Å². The summed E-state index contributed by atoms with van der Waals surface area (Å²) in [6, 6.07) is 9.27. The number of carboxylic acid groups (broad SMARTS) is 1. The molecule has 0 bridgehead atoms. The minimum atomic E-state index is -0.985. The summed E-state index contributed by atoms with van der Waals surface area (Å²) in [6.07, 6.45) is 1.54. The van der Waals surface area contributed by atoms with Crippen LogP contribution in [0.3, 0.4) is 0 Å². The molecular weight excluding hydrogens is 232 g/mol. The normalized spacial score (nSPS) is 10.3. The van der Waals surface area contributed by atoms with E-state index in [2.05, 4.69) is 5.10 Å². The molecule has 0 saturated carbocycles. The molecule has 0 amide bonds. The number of carboxylic acids is 1. The highest BCUT2D eigenvalue weighted by atomic mass is 16.5. The maximum Gasteiger partial charge on any atom is 0.354 e. The van der Waals surface area contributed by atoms with Gasteiger partial charge in [-0.25, -0.2) is 4.79 Å². The second-order valence-electron chi connectivity index (χ2n) is 3.74. The van der Waals surface area contributed by atoms with Gasteiger partial charge in [0.05, 0.1) is 6.20 Å². The van der Waals surface area contributed by atoms with Crippen molar-refractivity contribution < 1.29 is 14.6 Å². The van der Waals surface area contributed by atoms with Gasteiger partial charge in [0.15, 0.2) is 5.69 Å². The molecule has 0 aliphatic heterocycles. The molecule has 2 aromatic rings. The lowest BCUT2D eigenvalue weighted by Gasteiger charge is -2.06. The van der Waals surface area contributed by atoms with Crippen LogP contribution in [0.4, 0.5) is 0 Å². The minimum Gasteiger partial charge on any atom is -0.489 e. The number of ether oxygens (including phenoxy) is 1. The Bertz CT molecular complexity index is 534. The summed E-state index contributed by atoms with van der Waals surface area (Å²) < 4.78 is 6.97. The summed E-state index contributed by atoms with van der Waals surface area (Å²) in [5, 5.41) is 13.2. The van der Waals surface area contributed by atoms with Crippen molar-refractivity contribution in [2.24, 2.45) is 0 Å². The molecule has 0 saturated heterocycles. The third-order valence-corrected chi connectivity index (χ3v) is 2.55. The van der Waals surface area contributed by atoms with Gasteiger partial charge in [0.2, 0.25) is 0 Å². The van der Waals surface area contributed by atoms with Crippen molar-refractivity contribution >= 4 is 5.97 Å². The highest BCUT2D eigenvalue weighted by molar-refractivity contribution is 5.87. The Hall–Kier alpha value is -2.30. The van der Waals surface area contributed by atoms with Crippen LogP contribution >= 0.6 is 0 Å². The first-order valence-electron chi connectivity index (χ1n) is 5.68. The van der Waals surface area contributed by atoms with Gasteiger partial charge in [-0.3, -0.25) is 4.68 Å². The monoisotopic (exact) mass is 246 g/mol. The Kier molecular flexibility index (Phi) is 3.62. The van der Waals surface area contributed by atoms with Crippen LogP contribution in [0.1, 0.15) is 23.0 Å². The van der Waals surface area contributed by atoms with E-state index in [4.69, 9.17) is 9.84 Å². The maximum atomic E-state index is 11.2. The molecule has 0 atom stereocenters. The highest BCUT2D eigenvalue weighted by Gasteiger charge is 2.17. The van der Waals surface area contributed by atoms with Gasteiger partial charge in [0.25, 0.3) is 0 Å². The molecule has 5 nitrogen and oxygen atoms in total. The maximum absolute atomic E-state index is 11.2. The number of rotatable bonds is 5. The molecule has 1 heterocycles. The van der Waals surface area contributed by atoms with E-state index in [-0.39, 0.29) is 12.3 Å². The van der Waals surface area contributed by atoms with Gasteiger partial charge in [-0.05, 0) is 19.1 Å². The number of nitrogens with zero attached hydrogens (tertiary/aromatic N) is 2. The van der Waals surface area contributed by atoms with E-state index in [1.807, 2.05) is 37.3 Å². The van der Waals surface area contributed by atoms with Gasteiger partial charge in [-0.15, -0.1) is 0 Å². The lowest BCUT2D eigenvalue weighted by molar-refractivity contribution is 0.0680. The molecule has 0 unspecified atom stereocenters. The van der Waals surface area contributed by atoms with E-state index in [1.54, 1.807) is 0 Å². The zero-order valence-electron chi connectivity index (χ0n) is 10.0. The lowest BCUT2D eigenvalue weighted by atomic mass is 10.2. The predicted molar refractivity (Wildman–Crippen MR) is 65.6 cm³/mol. The minimum absolute atomic E-state index is 0.188. The van der Waals surface area contributed by atoms with Crippen molar-refractivity contribution in [3.8, 4) is 5.75 Å². The summed E-state index contributed by atoms with van der Waals surface area (Å²) in [6.45, 7) is 2.57. The second-order valence-corrected chi connectivity index (χ2v) is 3.74. The van der Waals surface area contributed by atoms with Crippen molar-refractivity contribution in [1.82, 2.24) is 9.78 Å². The van der Waals surface area contributed by atoms with Gasteiger partial charge < -0.3 is 9.84 Å². The predicted octanol–water partition coefficient (Wildman–Crippen LogP) is 2.18. The number of carbonyl (C=O) groups is 1. The van der Waals surface area contributed by atoms with Crippen LogP contribution in [0.15, 0.2) is 36.5 Å². The van der Waals surface area contributed by atoms with Gasteiger partial charge in [-0.2, -0.15) is 5.10 Å². The molecule has 1 N–H and O–H groups in total. The van der Waals surface area contributed by atoms with Crippen LogP contribution in [0.2, 0.25) is 0 Å². The topological polar surface area (TPSA) is 64.4 Å². The van der Waals surface area contributed by atoms with Crippen molar-refractivity contribution in [2.45, 2.75) is 20.1 Å². The molecule has 0 radical (unpaired) electrons.